The highest BCUT2D eigenvalue weighted by Crippen LogP contribution is 2.21. The van der Waals surface area contributed by atoms with E-state index >= 15 is 0 Å². The van der Waals surface area contributed by atoms with Crippen molar-refractivity contribution in [3.05, 3.63) is 34.9 Å². The Balaban J connectivity index is 2.22. The van der Waals surface area contributed by atoms with Crippen molar-refractivity contribution >= 4 is 5.91 Å². The molecule has 0 unspecified atom stereocenters. The second-order valence-electron chi connectivity index (χ2n) is 5.68. The third kappa shape index (κ3) is 4.07. The number of hydrogen-bond acceptors (Lipinski definition) is 3. The Morgan fingerprint density at radius 2 is 2.14 bits per heavy atom. The first-order valence-electron chi connectivity index (χ1n) is 7.24. The minimum Gasteiger partial charge on any atom is -0.381 e. The number of nitrogens with two attached hydrogens (primary N) is 1. The first-order valence-corrected chi connectivity index (χ1v) is 7.24. The van der Waals surface area contributed by atoms with Crippen molar-refractivity contribution < 1.29 is 9.53 Å². The summed E-state index contributed by atoms with van der Waals surface area (Å²) in [6.07, 6.45) is 1.66. The van der Waals surface area contributed by atoms with Crippen molar-refractivity contribution in [2.75, 3.05) is 19.8 Å². The molecule has 0 aromatic heterocycles. The van der Waals surface area contributed by atoms with Gasteiger partial charge in [0.1, 0.15) is 0 Å². The third-order valence-corrected chi connectivity index (χ3v) is 3.76. The molecule has 0 aliphatic carbocycles. The third-order valence-electron chi connectivity index (χ3n) is 3.76. The summed E-state index contributed by atoms with van der Waals surface area (Å²) in [6.45, 7) is 5.70. The van der Waals surface area contributed by atoms with E-state index in [1.54, 1.807) is 0 Å². The summed E-state index contributed by atoms with van der Waals surface area (Å²) in [5.74, 6) is 5.72. The lowest BCUT2D eigenvalue weighted by atomic mass is 9.91. The molecule has 0 bridgehead atoms. The van der Waals surface area contributed by atoms with Crippen molar-refractivity contribution in [1.29, 1.82) is 0 Å². The van der Waals surface area contributed by atoms with E-state index in [2.05, 4.69) is 24.1 Å². The second kappa shape index (κ2) is 6.75. The van der Waals surface area contributed by atoms with Gasteiger partial charge in [0, 0.05) is 24.3 Å². The number of nitrogens with one attached hydrogen (secondary N) is 1. The van der Waals surface area contributed by atoms with Crippen LogP contribution in [0.25, 0.3) is 0 Å². The van der Waals surface area contributed by atoms with E-state index in [1.165, 1.54) is 0 Å². The fraction of sp³-hybridized carbons (Fsp3) is 0.471. The van der Waals surface area contributed by atoms with E-state index in [0.717, 1.165) is 24.0 Å². The van der Waals surface area contributed by atoms with Gasteiger partial charge < -0.3 is 15.8 Å². The quantitative estimate of drug-likeness (QED) is 0.812. The molecule has 0 spiro atoms. The van der Waals surface area contributed by atoms with E-state index in [0.29, 0.717) is 18.8 Å². The highest BCUT2D eigenvalue weighted by Gasteiger charge is 2.29. The number of benzene rings is 1. The van der Waals surface area contributed by atoms with E-state index < -0.39 is 0 Å². The highest BCUT2D eigenvalue weighted by atomic mass is 16.5. The van der Waals surface area contributed by atoms with Crippen molar-refractivity contribution in [3.8, 4) is 11.8 Å². The molecule has 1 aliphatic heterocycles. The summed E-state index contributed by atoms with van der Waals surface area (Å²) in [6, 6.07) is 5.67. The zero-order valence-corrected chi connectivity index (χ0v) is 12.7. The average molecular weight is 286 g/mol. The molecular weight excluding hydrogens is 264 g/mol. The molecule has 4 heteroatoms. The fourth-order valence-electron chi connectivity index (χ4n) is 2.39. The van der Waals surface area contributed by atoms with Crippen LogP contribution in [0.4, 0.5) is 0 Å². The van der Waals surface area contributed by atoms with Crippen LogP contribution >= 0.6 is 0 Å². The molecule has 1 fully saturated rings. The molecule has 1 heterocycles. The second-order valence-corrected chi connectivity index (χ2v) is 5.68. The molecule has 1 aromatic carbocycles. The standard InChI is InChI=1S/C17H22N2O2/c1-13-5-6-15(14(12-13)4-3-9-18)16(20)19-17(2)7-10-21-11-8-17/h5-6,12H,7-11,18H2,1-2H3,(H,19,20). The van der Waals surface area contributed by atoms with Gasteiger partial charge in [-0.25, -0.2) is 0 Å². The smallest absolute Gasteiger partial charge is 0.252 e. The maximum absolute atomic E-state index is 12.6. The Bertz CT molecular complexity index is 578. The van der Waals surface area contributed by atoms with E-state index in [9.17, 15) is 4.79 Å². The molecule has 1 aromatic rings. The number of ether oxygens (including phenoxy) is 1. The minimum absolute atomic E-state index is 0.0827. The van der Waals surface area contributed by atoms with Gasteiger partial charge in [0.25, 0.3) is 5.91 Å². The van der Waals surface area contributed by atoms with Gasteiger partial charge in [0.05, 0.1) is 12.1 Å². The van der Waals surface area contributed by atoms with Gasteiger partial charge in [-0.2, -0.15) is 0 Å². The topological polar surface area (TPSA) is 64.3 Å². The molecule has 1 amide bonds. The maximum atomic E-state index is 12.6. The molecule has 3 N–H and O–H groups in total. The van der Waals surface area contributed by atoms with Crippen LogP contribution in [0, 0.1) is 18.8 Å². The lowest BCUT2D eigenvalue weighted by Gasteiger charge is -2.34. The Morgan fingerprint density at radius 3 is 2.81 bits per heavy atom. The van der Waals surface area contributed by atoms with Crippen molar-refractivity contribution in [1.82, 2.24) is 5.32 Å². The predicted molar refractivity (Wildman–Crippen MR) is 83.0 cm³/mol. The molecule has 0 radical (unpaired) electrons. The van der Waals surface area contributed by atoms with Crippen LogP contribution in [0.3, 0.4) is 0 Å². The van der Waals surface area contributed by atoms with E-state index in [1.807, 2.05) is 25.1 Å². The number of amides is 1. The predicted octanol–water partition coefficient (Wildman–Crippen LogP) is 1.60. The van der Waals surface area contributed by atoms with E-state index in [-0.39, 0.29) is 18.0 Å². The number of carbonyl (C=O) groups excluding carboxylic acids is 1. The van der Waals surface area contributed by atoms with Gasteiger partial charge in [0.2, 0.25) is 0 Å². The van der Waals surface area contributed by atoms with Gasteiger partial charge in [-0.05, 0) is 44.4 Å². The highest BCUT2D eigenvalue weighted by molar-refractivity contribution is 5.97. The van der Waals surface area contributed by atoms with E-state index in [4.69, 9.17) is 10.5 Å². The first-order chi connectivity index (χ1) is 10.0. The summed E-state index contributed by atoms with van der Waals surface area (Å²) in [7, 11) is 0. The molecule has 4 nitrogen and oxygen atoms in total. The van der Waals surface area contributed by atoms with Gasteiger partial charge in [-0.15, -0.1) is 0 Å². The molecule has 1 saturated heterocycles. The minimum atomic E-state index is -0.210. The first kappa shape index (κ1) is 15.6. The largest absolute Gasteiger partial charge is 0.381 e. The van der Waals surface area contributed by atoms with Gasteiger partial charge in [-0.3, -0.25) is 4.79 Å². The number of rotatable bonds is 2. The van der Waals surface area contributed by atoms with Crippen LogP contribution in [0.2, 0.25) is 0 Å². The normalized spacial score (nSPS) is 16.7. The molecule has 0 atom stereocenters. The molecule has 21 heavy (non-hydrogen) atoms. The number of carbonyl (C=O) groups is 1. The van der Waals surface area contributed by atoms with Crippen LogP contribution in [0.15, 0.2) is 18.2 Å². The average Bonchev–Trinajstić information content (AvgIpc) is 2.45. The number of hydrogen-bond donors (Lipinski definition) is 2. The number of aryl methyl sites for hydroxylation is 1. The van der Waals surface area contributed by atoms with Crippen LogP contribution < -0.4 is 11.1 Å². The van der Waals surface area contributed by atoms with Gasteiger partial charge in [-0.1, -0.05) is 17.9 Å². The Labute approximate surface area is 126 Å². The van der Waals surface area contributed by atoms with Gasteiger partial charge in [0.15, 0.2) is 0 Å². The summed E-state index contributed by atoms with van der Waals surface area (Å²) in [5.41, 5.74) is 7.62. The SMILES string of the molecule is Cc1ccc(C(=O)NC2(C)CCOCC2)c(C#CCN)c1. The molecule has 0 saturated carbocycles. The summed E-state index contributed by atoms with van der Waals surface area (Å²) < 4.78 is 5.36. The Morgan fingerprint density at radius 1 is 1.43 bits per heavy atom. The zero-order chi connectivity index (χ0) is 15.3. The van der Waals surface area contributed by atoms with Crippen LogP contribution in [0.5, 0.6) is 0 Å². The Kier molecular flexibility index (Phi) is 5.00. The molecule has 112 valence electrons. The summed E-state index contributed by atoms with van der Waals surface area (Å²) in [4.78, 5) is 12.6. The van der Waals surface area contributed by atoms with Crippen molar-refractivity contribution in [2.45, 2.75) is 32.2 Å². The van der Waals surface area contributed by atoms with Gasteiger partial charge >= 0.3 is 0 Å². The lowest BCUT2D eigenvalue weighted by molar-refractivity contribution is 0.0423. The zero-order valence-electron chi connectivity index (χ0n) is 12.7. The fourth-order valence-corrected chi connectivity index (χ4v) is 2.39. The summed E-state index contributed by atoms with van der Waals surface area (Å²) in [5, 5.41) is 3.13. The molecule has 1 aliphatic rings. The lowest BCUT2D eigenvalue weighted by Crippen LogP contribution is -2.49. The van der Waals surface area contributed by atoms with Crippen LogP contribution in [-0.2, 0) is 4.74 Å². The van der Waals surface area contributed by atoms with Crippen LogP contribution in [-0.4, -0.2) is 31.2 Å². The van der Waals surface area contributed by atoms with Crippen LogP contribution in [0.1, 0.15) is 41.3 Å². The van der Waals surface area contributed by atoms with Crippen molar-refractivity contribution in [3.63, 3.8) is 0 Å². The summed E-state index contributed by atoms with van der Waals surface area (Å²) >= 11 is 0. The monoisotopic (exact) mass is 286 g/mol. The molecular formula is C17H22N2O2. The maximum Gasteiger partial charge on any atom is 0.252 e. The van der Waals surface area contributed by atoms with Crippen molar-refractivity contribution in [2.24, 2.45) is 5.73 Å². The Hall–Kier alpha value is -1.83. The molecule has 2 rings (SSSR count).